The minimum atomic E-state index is -0.695. The monoisotopic (exact) mass is 368 g/mol. The van der Waals surface area contributed by atoms with Gasteiger partial charge in [0.05, 0.1) is 6.61 Å². The summed E-state index contributed by atoms with van der Waals surface area (Å²) < 4.78 is 10.5. The van der Waals surface area contributed by atoms with Crippen LogP contribution in [0.1, 0.15) is 6.92 Å². The molecule has 0 N–H and O–H groups in total. The van der Waals surface area contributed by atoms with E-state index in [4.69, 9.17) is 9.47 Å². The summed E-state index contributed by atoms with van der Waals surface area (Å²) in [5, 5.41) is 2.11. The second-order valence-corrected chi connectivity index (χ2v) is 6.39. The van der Waals surface area contributed by atoms with Gasteiger partial charge >= 0.3 is 6.16 Å². The van der Waals surface area contributed by atoms with Crippen LogP contribution in [-0.4, -0.2) is 12.8 Å². The van der Waals surface area contributed by atoms with Crippen molar-refractivity contribution in [3.05, 3.63) is 91.0 Å². The number of fused-ring (bicyclic) bond motifs is 1. The normalized spacial score (nSPS) is 10.6. The average Bonchev–Trinajstić information content (AvgIpc) is 2.74. The van der Waals surface area contributed by atoms with Crippen LogP contribution in [-0.2, 0) is 4.74 Å². The van der Waals surface area contributed by atoms with Crippen LogP contribution in [0, 0.1) is 0 Å². The zero-order valence-electron chi connectivity index (χ0n) is 15.6. The summed E-state index contributed by atoms with van der Waals surface area (Å²) in [6.07, 6.45) is -0.695. The molecule has 28 heavy (non-hydrogen) atoms. The van der Waals surface area contributed by atoms with Gasteiger partial charge in [0.1, 0.15) is 5.75 Å². The van der Waals surface area contributed by atoms with Gasteiger partial charge in [0, 0.05) is 5.56 Å². The van der Waals surface area contributed by atoms with E-state index in [9.17, 15) is 4.79 Å². The number of rotatable bonds is 4. The fraction of sp³-hybridized carbons (Fsp3) is 0.0800. The van der Waals surface area contributed by atoms with Crippen LogP contribution in [0.3, 0.4) is 0 Å². The molecule has 3 nitrogen and oxygen atoms in total. The average molecular weight is 368 g/mol. The highest BCUT2D eigenvalue weighted by Crippen LogP contribution is 2.38. The van der Waals surface area contributed by atoms with Crippen LogP contribution < -0.4 is 4.74 Å². The molecule has 0 bridgehead atoms. The quantitative estimate of drug-likeness (QED) is 0.297. The van der Waals surface area contributed by atoms with Crippen molar-refractivity contribution in [3.8, 4) is 28.0 Å². The second-order valence-electron chi connectivity index (χ2n) is 6.39. The summed E-state index contributed by atoms with van der Waals surface area (Å²) in [6, 6.07) is 30.3. The molecule has 4 aromatic carbocycles. The Morgan fingerprint density at radius 2 is 1.36 bits per heavy atom. The minimum Gasteiger partial charge on any atom is -0.434 e. The number of carbonyl (C=O) groups is 1. The van der Waals surface area contributed by atoms with Gasteiger partial charge in [-0.05, 0) is 40.5 Å². The fourth-order valence-corrected chi connectivity index (χ4v) is 3.33. The number of hydrogen-bond donors (Lipinski definition) is 0. The van der Waals surface area contributed by atoms with Crippen molar-refractivity contribution in [3.63, 3.8) is 0 Å². The summed E-state index contributed by atoms with van der Waals surface area (Å²) in [5.41, 5.74) is 4.16. The van der Waals surface area contributed by atoms with Crippen LogP contribution in [0.5, 0.6) is 5.75 Å². The number of ether oxygens (including phenoxy) is 2. The third-order valence-corrected chi connectivity index (χ3v) is 4.63. The molecule has 0 unspecified atom stereocenters. The van der Waals surface area contributed by atoms with Crippen LogP contribution in [0.25, 0.3) is 33.0 Å². The number of carbonyl (C=O) groups excluding carboxylic acids is 1. The second kappa shape index (κ2) is 7.97. The Balaban J connectivity index is 1.80. The van der Waals surface area contributed by atoms with E-state index in [-0.39, 0.29) is 6.61 Å². The lowest BCUT2D eigenvalue weighted by Crippen LogP contribution is -2.10. The Bertz CT molecular complexity index is 1100. The van der Waals surface area contributed by atoms with E-state index in [1.165, 1.54) is 0 Å². The van der Waals surface area contributed by atoms with Gasteiger partial charge in [0.15, 0.2) is 0 Å². The van der Waals surface area contributed by atoms with Gasteiger partial charge in [0.25, 0.3) is 0 Å². The molecule has 0 saturated heterocycles. The molecule has 4 aromatic rings. The zero-order chi connectivity index (χ0) is 19.3. The third-order valence-electron chi connectivity index (χ3n) is 4.63. The molecule has 0 saturated carbocycles. The molecule has 0 radical (unpaired) electrons. The summed E-state index contributed by atoms with van der Waals surface area (Å²) >= 11 is 0. The first-order chi connectivity index (χ1) is 13.8. The lowest BCUT2D eigenvalue weighted by molar-refractivity contribution is 0.104. The maximum absolute atomic E-state index is 11.9. The fourth-order valence-electron chi connectivity index (χ4n) is 3.33. The molecule has 0 spiro atoms. The lowest BCUT2D eigenvalue weighted by Gasteiger charge is -2.14. The molecular weight excluding hydrogens is 348 g/mol. The Morgan fingerprint density at radius 1 is 0.714 bits per heavy atom. The Kier molecular flexibility index (Phi) is 5.07. The Morgan fingerprint density at radius 3 is 2.11 bits per heavy atom. The first-order valence-electron chi connectivity index (χ1n) is 9.28. The van der Waals surface area contributed by atoms with E-state index in [1.54, 1.807) is 6.92 Å². The largest absolute Gasteiger partial charge is 0.513 e. The molecule has 0 fully saturated rings. The van der Waals surface area contributed by atoms with Crippen LogP contribution >= 0.6 is 0 Å². The standard InChI is InChI=1S/C25H20O3/c1-2-27-25(26)28-23-17-16-20-10-6-7-11-22(20)24(23)21-14-12-19(13-15-21)18-8-4-3-5-9-18/h3-17H,2H2,1H3. The molecule has 0 aliphatic heterocycles. The summed E-state index contributed by atoms with van der Waals surface area (Å²) in [5.74, 6) is 0.490. The van der Waals surface area contributed by atoms with Gasteiger partial charge in [-0.3, -0.25) is 0 Å². The molecule has 0 aliphatic rings. The highest BCUT2D eigenvalue weighted by atomic mass is 16.7. The first-order valence-corrected chi connectivity index (χ1v) is 9.28. The predicted octanol–water partition coefficient (Wildman–Crippen LogP) is 6.71. The number of hydrogen-bond acceptors (Lipinski definition) is 3. The number of benzene rings is 4. The molecule has 0 atom stereocenters. The van der Waals surface area contributed by atoms with Crippen molar-refractivity contribution in [2.24, 2.45) is 0 Å². The minimum absolute atomic E-state index is 0.271. The molecular formula is C25H20O3. The maximum atomic E-state index is 11.9. The van der Waals surface area contributed by atoms with Crippen molar-refractivity contribution in [1.29, 1.82) is 0 Å². The molecule has 0 aliphatic carbocycles. The lowest BCUT2D eigenvalue weighted by atomic mass is 9.95. The highest BCUT2D eigenvalue weighted by Gasteiger charge is 2.15. The van der Waals surface area contributed by atoms with E-state index in [2.05, 4.69) is 36.4 Å². The molecule has 4 rings (SSSR count). The van der Waals surface area contributed by atoms with Crippen LogP contribution in [0.4, 0.5) is 4.79 Å². The van der Waals surface area contributed by atoms with Gasteiger partial charge in [-0.15, -0.1) is 0 Å². The van der Waals surface area contributed by atoms with E-state index in [0.29, 0.717) is 5.75 Å². The highest BCUT2D eigenvalue weighted by molar-refractivity contribution is 6.00. The van der Waals surface area contributed by atoms with Gasteiger partial charge in [0.2, 0.25) is 0 Å². The molecule has 0 amide bonds. The van der Waals surface area contributed by atoms with E-state index in [0.717, 1.165) is 33.0 Å². The summed E-state index contributed by atoms with van der Waals surface area (Å²) in [6.45, 7) is 2.03. The van der Waals surface area contributed by atoms with Gasteiger partial charge < -0.3 is 9.47 Å². The Labute approximate surface area is 164 Å². The Hall–Kier alpha value is -3.59. The van der Waals surface area contributed by atoms with E-state index in [1.807, 2.05) is 54.6 Å². The maximum Gasteiger partial charge on any atom is 0.513 e. The SMILES string of the molecule is CCOC(=O)Oc1ccc2ccccc2c1-c1ccc(-c2ccccc2)cc1. The summed E-state index contributed by atoms with van der Waals surface area (Å²) in [4.78, 5) is 11.9. The van der Waals surface area contributed by atoms with Crippen LogP contribution in [0.15, 0.2) is 91.0 Å². The van der Waals surface area contributed by atoms with Gasteiger partial charge in [-0.1, -0.05) is 84.9 Å². The van der Waals surface area contributed by atoms with Crippen LogP contribution in [0.2, 0.25) is 0 Å². The molecule has 138 valence electrons. The first kappa shape index (κ1) is 17.8. The summed E-state index contributed by atoms with van der Waals surface area (Å²) in [7, 11) is 0. The van der Waals surface area contributed by atoms with Crippen molar-refractivity contribution >= 4 is 16.9 Å². The van der Waals surface area contributed by atoms with Crippen molar-refractivity contribution in [2.45, 2.75) is 6.92 Å². The molecule has 0 heterocycles. The predicted molar refractivity (Wildman–Crippen MR) is 112 cm³/mol. The molecule has 0 aromatic heterocycles. The van der Waals surface area contributed by atoms with E-state index >= 15 is 0 Å². The van der Waals surface area contributed by atoms with Gasteiger partial charge in [-0.2, -0.15) is 0 Å². The zero-order valence-corrected chi connectivity index (χ0v) is 15.6. The smallest absolute Gasteiger partial charge is 0.434 e. The van der Waals surface area contributed by atoms with Crippen molar-refractivity contribution in [1.82, 2.24) is 0 Å². The van der Waals surface area contributed by atoms with Gasteiger partial charge in [-0.25, -0.2) is 4.79 Å². The van der Waals surface area contributed by atoms with Crippen molar-refractivity contribution in [2.75, 3.05) is 6.61 Å². The topological polar surface area (TPSA) is 35.5 Å². The van der Waals surface area contributed by atoms with E-state index < -0.39 is 6.16 Å². The molecule has 3 heteroatoms. The van der Waals surface area contributed by atoms with Crippen molar-refractivity contribution < 1.29 is 14.3 Å². The third kappa shape index (κ3) is 3.60.